The standard InChI is InChI=1S/C64H37N3OS/c1-2-15-38(16-3-1)61-65-62(67-63(66-61)49-24-14-30-58-60(49)47-22-7-11-29-57(47)69-58)48-23-13-28-56-59(48)50-36-41(32-34-55(50)68-56)39-17-12-18-40(35-39)42-31-33-46-45-21-6-10-27-53(45)64(54(46)37-42)51-25-8-4-19-43(51)44-20-5-9-26-52(44)64/h1-37H. The summed E-state index contributed by atoms with van der Waals surface area (Å²) in [5.74, 6) is 1.86. The van der Waals surface area contributed by atoms with Gasteiger partial charge >= 0.3 is 0 Å². The fraction of sp³-hybridized carbons (Fsp3) is 0.0156. The Hall–Kier alpha value is -8.77. The summed E-state index contributed by atoms with van der Waals surface area (Å²) in [5, 5.41) is 4.34. The first-order valence-electron chi connectivity index (χ1n) is 23.4. The minimum absolute atomic E-state index is 0.398. The summed E-state index contributed by atoms with van der Waals surface area (Å²) >= 11 is 1.79. The summed E-state index contributed by atoms with van der Waals surface area (Å²) in [7, 11) is 0. The van der Waals surface area contributed by atoms with Gasteiger partial charge in [0.1, 0.15) is 11.2 Å². The molecule has 0 atom stereocenters. The number of hydrogen-bond donors (Lipinski definition) is 0. The van der Waals surface area contributed by atoms with E-state index in [1.165, 1.54) is 70.4 Å². The Bertz CT molecular complexity index is 4210. The number of fused-ring (bicyclic) bond motifs is 16. The number of furan rings is 1. The van der Waals surface area contributed by atoms with E-state index < -0.39 is 5.41 Å². The zero-order valence-corrected chi connectivity index (χ0v) is 37.8. The van der Waals surface area contributed by atoms with Crippen molar-refractivity contribution in [3.63, 3.8) is 0 Å². The van der Waals surface area contributed by atoms with Gasteiger partial charge in [-0.05, 0) is 109 Å². The highest BCUT2D eigenvalue weighted by Gasteiger charge is 2.51. The van der Waals surface area contributed by atoms with Gasteiger partial charge in [0.15, 0.2) is 17.5 Å². The fourth-order valence-electron chi connectivity index (χ4n) is 11.6. The summed E-state index contributed by atoms with van der Waals surface area (Å²) in [6.07, 6.45) is 0. The number of rotatable bonds is 5. The van der Waals surface area contributed by atoms with Crippen molar-refractivity contribution in [3.05, 3.63) is 247 Å². The molecule has 4 nitrogen and oxygen atoms in total. The molecule has 3 aromatic heterocycles. The van der Waals surface area contributed by atoms with Gasteiger partial charge in [0.05, 0.1) is 5.41 Å². The van der Waals surface area contributed by atoms with Crippen LogP contribution in [0.1, 0.15) is 22.3 Å². The molecule has 2 aliphatic carbocycles. The van der Waals surface area contributed by atoms with Crippen LogP contribution in [0.15, 0.2) is 229 Å². The van der Waals surface area contributed by atoms with Crippen molar-refractivity contribution in [2.45, 2.75) is 5.41 Å². The molecule has 0 fully saturated rings. The first-order valence-corrected chi connectivity index (χ1v) is 24.2. The molecule has 0 unspecified atom stereocenters. The minimum Gasteiger partial charge on any atom is -0.456 e. The third kappa shape index (κ3) is 5.53. The molecule has 0 N–H and O–H groups in total. The lowest BCUT2D eigenvalue weighted by Gasteiger charge is -2.30. The van der Waals surface area contributed by atoms with Crippen LogP contribution in [0.2, 0.25) is 0 Å². The van der Waals surface area contributed by atoms with Crippen molar-refractivity contribution < 1.29 is 4.42 Å². The number of nitrogens with zero attached hydrogens (tertiary/aromatic N) is 3. The van der Waals surface area contributed by atoms with Gasteiger partial charge in [0, 0.05) is 47.6 Å². The van der Waals surface area contributed by atoms with E-state index in [9.17, 15) is 0 Å². The van der Waals surface area contributed by atoms with Gasteiger partial charge in [-0.1, -0.05) is 182 Å². The molecule has 320 valence electrons. The van der Waals surface area contributed by atoms with Crippen LogP contribution < -0.4 is 0 Å². The van der Waals surface area contributed by atoms with E-state index >= 15 is 0 Å². The highest BCUT2D eigenvalue weighted by molar-refractivity contribution is 7.25. The van der Waals surface area contributed by atoms with Gasteiger partial charge in [-0.3, -0.25) is 0 Å². The molecule has 13 aromatic rings. The van der Waals surface area contributed by atoms with Gasteiger partial charge in [-0.2, -0.15) is 0 Å². The smallest absolute Gasteiger partial charge is 0.164 e. The van der Waals surface area contributed by atoms with E-state index in [1.54, 1.807) is 11.3 Å². The predicted octanol–water partition coefficient (Wildman–Crippen LogP) is 16.8. The maximum atomic E-state index is 6.62. The molecular formula is C64H37N3OS. The van der Waals surface area contributed by atoms with Crippen LogP contribution in [0.3, 0.4) is 0 Å². The van der Waals surface area contributed by atoms with E-state index in [2.05, 4.69) is 194 Å². The van der Waals surface area contributed by atoms with Crippen molar-refractivity contribution in [1.29, 1.82) is 0 Å². The van der Waals surface area contributed by atoms with E-state index in [-0.39, 0.29) is 0 Å². The van der Waals surface area contributed by atoms with Crippen molar-refractivity contribution in [2.75, 3.05) is 0 Å². The molecule has 0 bridgehead atoms. The van der Waals surface area contributed by atoms with Crippen LogP contribution >= 0.6 is 11.3 Å². The topological polar surface area (TPSA) is 51.8 Å². The molecule has 0 saturated carbocycles. The van der Waals surface area contributed by atoms with Gasteiger partial charge in [0.2, 0.25) is 0 Å². The Morgan fingerprint density at radius 3 is 1.54 bits per heavy atom. The lowest BCUT2D eigenvalue weighted by molar-refractivity contribution is 0.669. The second kappa shape index (κ2) is 14.6. The van der Waals surface area contributed by atoms with Crippen LogP contribution in [-0.2, 0) is 5.41 Å². The molecule has 3 heterocycles. The van der Waals surface area contributed by atoms with Gasteiger partial charge in [-0.15, -0.1) is 11.3 Å². The third-order valence-corrected chi connectivity index (χ3v) is 15.7. The van der Waals surface area contributed by atoms with Crippen LogP contribution in [0.5, 0.6) is 0 Å². The normalized spacial score (nSPS) is 13.0. The molecule has 0 aliphatic heterocycles. The summed E-state index contributed by atoms with van der Waals surface area (Å²) in [5.41, 5.74) is 19.2. The molecule has 0 amide bonds. The Labute approximate surface area is 401 Å². The molecule has 2 aliphatic rings. The lowest BCUT2D eigenvalue weighted by atomic mass is 9.70. The van der Waals surface area contributed by atoms with E-state index in [4.69, 9.17) is 19.4 Å². The molecule has 0 saturated heterocycles. The van der Waals surface area contributed by atoms with E-state index in [0.29, 0.717) is 17.5 Å². The van der Waals surface area contributed by atoms with Crippen molar-refractivity contribution in [1.82, 2.24) is 15.0 Å². The molecule has 0 radical (unpaired) electrons. The molecule has 5 heteroatoms. The average molecular weight is 896 g/mol. The Balaban J connectivity index is 0.875. The van der Waals surface area contributed by atoms with Gasteiger partial charge in [0.25, 0.3) is 0 Å². The van der Waals surface area contributed by atoms with Crippen LogP contribution in [0, 0.1) is 0 Å². The van der Waals surface area contributed by atoms with Crippen molar-refractivity contribution >= 4 is 53.4 Å². The molecule has 1 spiro atoms. The van der Waals surface area contributed by atoms with Gasteiger partial charge < -0.3 is 4.42 Å². The van der Waals surface area contributed by atoms with Crippen molar-refractivity contribution in [3.8, 4) is 78.7 Å². The average Bonchev–Trinajstić information content (AvgIpc) is 4.16. The van der Waals surface area contributed by atoms with Crippen LogP contribution in [0.4, 0.5) is 0 Å². The highest BCUT2D eigenvalue weighted by atomic mass is 32.1. The summed E-state index contributed by atoms with van der Waals surface area (Å²) in [6.45, 7) is 0. The van der Waals surface area contributed by atoms with Crippen LogP contribution in [-0.4, -0.2) is 15.0 Å². The third-order valence-electron chi connectivity index (χ3n) is 14.6. The molecular weight excluding hydrogens is 859 g/mol. The maximum absolute atomic E-state index is 6.62. The van der Waals surface area contributed by atoms with Crippen LogP contribution in [0.25, 0.3) is 121 Å². The quantitative estimate of drug-likeness (QED) is 0.173. The molecule has 10 aromatic carbocycles. The summed E-state index contributed by atoms with van der Waals surface area (Å²) in [4.78, 5) is 15.7. The maximum Gasteiger partial charge on any atom is 0.164 e. The second-order valence-electron chi connectivity index (χ2n) is 18.2. The molecule has 69 heavy (non-hydrogen) atoms. The first-order chi connectivity index (χ1) is 34.2. The fourth-order valence-corrected chi connectivity index (χ4v) is 12.8. The Kier molecular flexibility index (Phi) is 8.12. The van der Waals surface area contributed by atoms with Crippen molar-refractivity contribution in [2.24, 2.45) is 0 Å². The monoisotopic (exact) mass is 895 g/mol. The Morgan fingerprint density at radius 2 is 0.812 bits per heavy atom. The minimum atomic E-state index is -0.398. The first kappa shape index (κ1) is 38.3. The summed E-state index contributed by atoms with van der Waals surface area (Å²) < 4.78 is 9.06. The van der Waals surface area contributed by atoms with E-state index in [1.807, 2.05) is 30.3 Å². The zero-order chi connectivity index (χ0) is 45.2. The SMILES string of the molecule is c1ccc(-c2nc(-c3cccc4oc5ccc(-c6cccc(-c7ccc8c(c7)C7(c9ccccc9-c9ccccc97)c7ccccc7-8)c6)cc5c34)nc(-c3cccc4sc5ccccc5c34)n2)cc1. The van der Waals surface area contributed by atoms with E-state index in [0.717, 1.165) is 55.1 Å². The number of aromatic nitrogens is 3. The van der Waals surface area contributed by atoms with Gasteiger partial charge in [-0.25, -0.2) is 15.0 Å². The number of hydrogen-bond acceptors (Lipinski definition) is 5. The summed E-state index contributed by atoms with van der Waals surface area (Å²) in [6, 6.07) is 81.0. The lowest BCUT2D eigenvalue weighted by Crippen LogP contribution is -2.25. The predicted molar refractivity (Wildman–Crippen MR) is 283 cm³/mol. The number of thiophene rings is 1. The second-order valence-corrected chi connectivity index (χ2v) is 19.3. The number of benzene rings is 10. The largest absolute Gasteiger partial charge is 0.456 e. The Morgan fingerprint density at radius 1 is 0.304 bits per heavy atom. The molecule has 15 rings (SSSR count). The zero-order valence-electron chi connectivity index (χ0n) is 37.0. The highest BCUT2D eigenvalue weighted by Crippen LogP contribution is 2.63.